The SMILES string of the molecule is CCC[C@H](CC(=O)[C@@H]1C[C@@H]2CCCC[C@@H]2N1C(=O)[C@@H](NC(=O)[C@@H](CC(=O)c1cnccn1)C1CCCCC1)C(C)(C)C)C(=O)C(=O)CN1CCOCC1. The number of nitrogens with zero attached hydrogens (tertiary/aromatic N) is 4. The summed E-state index contributed by atoms with van der Waals surface area (Å²) in [5.41, 5.74) is -0.486. The van der Waals surface area contributed by atoms with Crippen molar-refractivity contribution in [3.05, 3.63) is 24.3 Å². The molecule has 0 spiro atoms. The molecule has 4 aliphatic rings. The number of Topliss-reactive ketones (excluding diaryl/α,β-unsaturated/α-hetero) is 4. The van der Waals surface area contributed by atoms with Crippen molar-refractivity contribution in [2.45, 2.75) is 136 Å². The number of likely N-dealkylation sites (tertiary alicyclic amines) is 1. The van der Waals surface area contributed by atoms with Crippen LogP contribution < -0.4 is 5.32 Å². The van der Waals surface area contributed by atoms with Crippen molar-refractivity contribution < 1.29 is 33.5 Å². The van der Waals surface area contributed by atoms with E-state index in [0.29, 0.717) is 45.6 Å². The summed E-state index contributed by atoms with van der Waals surface area (Å²) in [5, 5.41) is 3.13. The third-order valence-electron chi connectivity index (χ3n) is 12.1. The van der Waals surface area contributed by atoms with Gasteiger partial charge in [-0.2, -0.15) is 0 Å². The summed E-state index contributed by atoms with van der Waals surface area (Å²) in [5.74, 6) is -3.25. The molecule has 2 aliphatic carbocycles. The van der Waals surface area contributed by atoms with Crippen LogP contribution in [0.5, 0.6) is 0 Å². The molecule has 6 atom stereocenters. The Morgan fingerprint density at radius 3 is 2.28 bits per heavy atom. The first kappa shape index (κ1) is 40.8. The number of morpholine rings is 1. The number of aromatic nitrogens is 2. The van der Waals surface area contributed by atoms with Crippen molar-refractivity contribution in [2.24, 2.45) is 29.1 Å². The number of rotatable bonds is 16. The molecule has 3 heterocycles. The van der Waals surface area contributed by atoms with Crippen LogP contribution in [-0.4, -0.2) is 106 Å². The number of carbonyl (C=O) groups is 6. The maximum atomic E-state index is 15.0. The van der Waals surface area contributed by atoms with Crippen molar-refractivity contribution in [3.8, 4) is 0 Å². The quantitative estimate of drug-likeness (QED) is 0.185. The fraction of sp³-hybridized carbons (Fsp3) is 0.756. The Morgan fingerprint density at radius 1 is 0.925 bits per heavy atom. The highest BCUT2D eigenvalue weighted by atomic mass is 16.5. The second-order valence-electron chi connectivity index (χ2n) is 17.0. The normalized spacial score (nSPS) is 24.5. The van der Waals surface area contributed by atoms with E-state index in [0.717, 1.165) is 57.8 Å². The molecule has 2 amide bonds. The van der Waals surface area contributed by atoms with E-state index in [9.17, 15) is 28.8 Å². The highest BCUT2D eigenvalue weighted by Gasteiger charge is 2.51. The summed E-state index contributed by atoms with van der Waals surface area (Å²) >= 11 is 0. The van der Waals surface area contributed by atoms with Crippen molar-refractivity contribution >= 4 is 34.9 Å². The molecule has 0 bridgehead atoms. The third kappa shape index (κ3) is 10.4. The van der Waals surface area contributed by atoms with Gasteiger partial charge >= 0.3 is 0 Å². The second-order valence-corrected chi connectivity index (χ2v) is 17.0. The third-order valence-corrected chi connectivity index (χ3v) is 12.1. The van der Waals surface area contributed by atoms with Gasteiger partial charge in [0.2, 0.25) is 23.4 Å². The van der Waals surface area contributed by atoms with Crippen LogP contribution in [0.3, 0.4) is 0 Å². The van der Waals surface area contributed by atoms with Gasteiger partial charge in [0.05, 0.1) is 32.0 Å². The van der Waals surface area contributed by atoms with Gasteiger partial charge in [-0.1, -0.05) is 66.2 Å². The van der Waals surface area contributed by atoms with Gasteiger partial charge in [0.15, 0.2) is 11.6 Å². The molecule has 5 rings (SSSR count). The summed E-state index contributed by atoms with van der Waals surface area (Å²) in [6.45, 7) is 9.91. The topological polar surface area (TPSA) is 156 Å². The molecule has 12 heteroatoms. The van der Waals surface area contributed by atoms with E-state index in [1.807, 2.05) is 32.6 Å². The van der Waals surface area contributed by atoms with Crippen molar-refractivity contribution in [3.63, 3.8) is 0 Å². The Balaban J connectivity index is 1.36. The smallest absolute Gasteiger partial charge is 0.246 e. The van der Waals surface area contributed by atoms with E-state index in [-0.39, 0.29) is 66.3 Å². The molecule has 1 aromatic rings. The van der Waals surface area contributed by atoms with Gasteiger partial charge in [-0.3, -0.25) is 38.7 Å². The average molecular weight is 736 g/mol. The first-order chi connectivity index (χ1) is 25.4. The van der Waals surface area contributed by atoms with Crippen LogP contribution in [0.25, 0.3) is 0 Å². The fourth-order valence-corrected chi connectivity index (χ4v) is 9.19. The standard InChI is InChI=1S/C41H61N5O7/c1-5-11-29(37(50)36(49)26-45-18-20-53-21-19-45)23-35(48)33-22-28-14-9-10-15-32(28)46(33)40(52)38(41(2,3)4)44-39(51)30(27-12-7-6-8-13-27)24-34(47)31-25-42-16-17-43-31/h16-17,25,27-30,32-33,38H,5-15,18-24,26H2,1-4H3,(H,44,51)/t28-,29+,30-,32-,33-,38+/m0/s1. The largest absolute Gasteiger partial charge is 0.379 e. The van der Waals surface area contributed by atoms with Crippen LogP contribution in [-0.2, 0) is 28.7 Å². The minimum Gasteiger partial charge on any atom is -0.379 e. The lowest BCUT2D eigenvalue weighted by Gasteiger charge is -2.40. The maximum Gasteiger partial charge on any atom is 0.246 e. The van der Waals surface area contributed by atoms with Gasteiger partial charge in [0.25, 0.3) is 0 Å². The molecule has 1 aromatic heterocycles. The first-order valence-electron chi connectivity index (χ1n) is 20.2. The van der Waals surface area contributed by atoms with Crippen LogP contribution >= 0.6 is 0 Å². The molecule has 2 aliphatic heterocycles. The van der Waals surface area contributed by atoms with Crippen LogP contribution in [0.15, 0.2) is 18.6 Å². The Hall–Kier alpha value is -3.38. The lowest BCUT2D eigenvalue weighted by Crippen LogP contribution is -2.60. The fourth-order valence-electron chi connectivity index (χ4n) is 9.19. The number of amides is 2. The Kier molecular flexibility index (Phi) is 14.5. The minimum atomic E-state index is -0.938. The van der Waals surface area contributed by atoms with E-state index < -0.39 is 40.9 Å². The molecular formula is C41H61N5O7. The predicted octanol–water partition coefficient (Wildman–Crippen LogP) is 4.78. The van der Waals surface area contributed by atoms with E-state index in [2.05, 4.69) is 15.3 Å². The molecule has 292 valence electrons. The Labute approximate surface area is 315 Å². The van der Waals surface area contributed by atoms with Crippen LogP contribution in [0.1, 0.15) is 128 Å². The number of fused-ring (bicyclic) bond motifs is 1. The number of ether oxygens (including phenoxy) is 1. The zero-order chi connectivity index (χ0) is 38.1. The summed E-state index contributed by atoms with van der Waals surface area (Å²) in [7, 11) is 0. The van der Waals surface area contributed by atoms with Crippen molar-refractivity contribution in [2.75, 3.05) is 32.8 Å². The lowest BCUT2D eigenvalue weighted by atomic mass is 9.76. The summed E-state index contributed by atoms with van der Waals surface area (Å²) in [4.78, 5) is 95.6. The monoisotopic (exact) mass is 735 g/mol. The van der Waals surface area contributed by atoms with Gasteiger partial charge in [-0.25, -0.2) is 4.98 Å². The highest BCUT2D eigenvalue weighted by Crippen LogP contribution is 2.42. The molecule has 53 heavy (non-hydrogen) atoms. The molecule has 4 fully saturated rings. The first-order valence-corrected chi connectivity index (χ1v) is 20.2. The molecule has 0 unspecified atom stereocenters. The van der Waals surface area contributed by atoms with Crippen molar-refractivity contribution in [1.82, 2.24) is 25.1 Å². The number of hydrogen-bond donors (Lipinski definition) is 1. The van der Waals surface area contributed by atoms with E-state index in [1.54, 1.807) is 4.90 Å². The van der Waals surface area contributed by atoms with Crippen molar-refractivity contribution in [1.29, 1.82) is 0 Å². The molecule has 1 N–H and O–H groups in total. The average Bonchev–Trinajstić information content (AvgIpc) is 3.55. The van der Waals surface area contributed by atoms with Gasteiger partial charge in [-0.05, 0) is 55.8 Å². The highest BCUT2D eigenvalue weighted by molar-refractivity contribution is 6.39. The Bertz CT molecular complexity index is 1450. The van der Waals surface area contributed by atoms with Gasteiger partial charge < -0.3 is 15.0 Å². The number of ketones is 4. The zero-order valence-corrected chi connectivity index (χ0v) is 32.4. The summed E-state index contributed by atoms with van der Waals surface area (Å²) in [6.07, 6.45) is 14.2. The molecule has 12 nitrogen and oxygen atoms in total. The number of nitrogens with one attached hydrogen (secondary N) is 1. The molecule has 0 radical (unpaired) electrons. The molecule has 2 saturated carbocycles. The van der Waals surface area contributed by atoms with E-state index in [1.165, 1.54) is 18.6 Å². The second kappa shape index (κ2) is 18.8. The maximum absolute atomic E-state index is 15.0. The van der Waals surface area contributed by atoms with Gasteiger partial charge in [0, 0.05) is 56.2 Å². The Morgan fingerprint density at radius 2 is 1.62 bits per heavy atom. The van der Waals surface area contributed by atoms with Crippen LogP contribution in [0, 0.1) is 29.1 Å². The lowest BCUT2D eigenvalue weighted by molar-refractivity contribution is -0.147. The molecule has 0 aromatic carbocycles. The van der Waals surface area contributed by atoms with Gasteiger partial charge in [-0.15, -0.1) is 0 Å². The molecular weight excluding hydrogens is 674 g/mol. The van der Waals surface area contributed by atoms with Crippen LogP contribution in [0.2, 0.25) is 0 Å². The molecule has 2 saturated heterocycles. The zero-order valence-electron chi connectivity index (χ0n) is 32.4. The van der Waals surface area contributed by atoms with E-state index >= 15 is 0 Å². The number of hydrogen-bond acceptors (Lipinski definition) is 10. The van der Waals surface area contributed by atoms with E-state index in [4.69, 9.17) is 4.74 Å². The van der Waals surface area contributed by atoms with Gasteiger partial charge in [0.1, 0.15) is 11.7 Å². The predicted molar refractivity (Wildman–Crippen MR) is 199 cm³/mol. The minimum absolute atomic E-state index is 0.00271. The van der Waals surface area contributed by atoms with Crippen LogP contribution in [0.4, 0.5) is 0 Å². The summed E-state index contributed by atoms with van der Waals surface area (Å²) in [6, 6.07) is -1.80. The summed E-state index contributed by atoms with van der Waals surface area (Å²) < 4.78 is 5.38. The number of carbonyl (C=O) groups excluding carboxylic acids is 6.